The molecule has 0 aliphatic rings. The van der Waals surface area contributed by atoms with Gasteiger partial charge in [-0.05, 0) is 6.92 Å². The SMILES string of the molecule is Cc1ccc(-c2noc(CCC(=O)N(C)C)n2)cc1. The zero-order valence-electron chi connectivity index (χ0n) is 11.4. The molecule has 0 saturated carbocycles. The van der Waals surface area contributed by atoms with Gasteiger partial charge in [-0.2, -0.15) is 4.98 Å². The molecular formula is C14H17N3O2. The van der Waals surface area contributed by atoms with Crippen molar-refractivity contribution < 1.29 is 9.32 Å². The number of carbonyl (C=O) groups excluding carboxylic acids is 1. The van der Waals surface area contributed by atoms with Crippen molar-refractivity contribution in [2.45, 2.75) is 19.8 Å². The van der Waals surface area contributed by atoms with Gasteiger partial charge in [-0.3, -0.25) is 4.79 Å². The van der Waals surface area contributed by atoms with E-state index < -0.39 is 0 Å². The van der Waals surface area contributed by atoms with Gasteiger partial charge in [0.2, 0.25) is 17.6 Å². The largest absolute Gasteiger partial charge is 0.349 e. The summed E-state index contributed by atoms with van der Waals surface area (Å²) in [6, 6.07) is 7.91. The Balaban J connectivity index is 2.03. The molecule has 1 heterocycles. The highest BCUT2D eigenvalue weighted by Crippen LogP contribution is 2.16. The van der Waals surface area contributed by atoms with Crippen LogP contribution in [0.15, 0.2) is 28.8 Å². The van der Waals surface area contributed by atoms with Gasteiger partial charge in [0.1, 0.15) is 0 Å². The highest BCUT2D eigenvalue weighted by molar-refractivity contribution is 5.75. The molecule has 19 heavy (non-hydrogen) atoms. The van der Waals surface area contributed by atoms with Gasteiger partial charge in [-0.15, -0.1) is 0 Å². The van der Waals surface area contributed by atoms with Gasteiger partial charge in [-0.1, -0.05) is 35.0 Å². The summed E-state index contributed by atoms with van der Waals surface area (Å²) in [6.45, 7) is 2.03. The molecule has 2 rings (SSSR count). The Morgan fingerprint density at radius 2 is 1.95 bits per heavy atom. The fraction of sp³-hybridized carbons (Fsp3) is 0.357. The average Bonchev–Trinajstić information content (AvgIpc) is 2.85. The molecule has 0 fully saturated rings. The molecule has 1 aromatic carbocycles. The number of amides is 1. The monoisotopic (exact) mass is 259 g/mol. The van der Waals surface area contributed by atoms with Crippen molar-refractivity contribution in [3.63, 3.8) is 0 Å². The lowest BCUT2D eigenvalue weighted by atomic mass is 10.1. The lowest BCUT2D eigenvalue weighted by Crippen LogP contribution is -2.21. The van der Waals surface area contributed by atoms with Gasteiger partial charge < -0.3 is 9.42 Å². The van der Waals surface area contributed by atoms with E-state index in [0.717, 1.165) is 5.56 Å². The molecule has 0 unspecified atom stereocenters. The number of hydrogen-bond acceptors (Lipinski definition) is 4. The summed E-state index contributed by atoms with van der Waals surface area (Å²) in [5.74, 6) is 1.10. The van der Waals surface area contributed by atoms with Crippen LogP contribution in [0.3, 0.4) is 0 Å². The van der Waals surface area contributed by atoms with Crippen molar-refractivity contribution in [1.82, 2.24) is 15.0 Å². The van der Waals surface area contributed by atoms with E-state index in [1.807, 2.05) is 31.2 Å². The quantitative estimate of drug-likeness (QED) is 0.843. The molecule has 5 heteroatoms. The Kier molecular flexibility index (Phi) is 3.94. The van der Waals surface area contributed by atoms with Gasteiger partial charge in [0.05, 0.1) is 0 Å². The number of aryl methyl sites for hydroxylation is 2. The van der Waals surface area contributed by atoms with E-state index in [0.29, 0.717) is 24.6 Å². The van der Waals surface area contributed by atoms with Crippen LogP contribution in [0.1, 0.15) is 17.9 Å². The van der Waals surface area contributed by atoms with Crippen molar-refractivity contribution in [3.05, 3.63) is 35.7 Å². The van der Waals surface area contributed by atoms with Gasteiger partial charge in [0.15, 0.2) is 0 Å². The van der Waals surface area contributed by atoms with Crippen molar-refractivity contribution in [2.24, 2.45) is 0 Å². The molecule has 0 aliphatic carbocycles. The molecular weight excluding hydrogens is 242 g/mol. The number of rotatable bonds is 4. The van der Waals surface area contributed by atoms with Crippen LogP contribution < -0.4 is 0 Å². The first-order valence-electron chi connectivity index (χ1n) is 6.16. The predicted octanol–water partition coefficient (Wildman–Crippen LogP) is 2.07. The Morgan fingerprint density at radius 1 is 1.26 bits per heavy atom. The van der Waals surface area contributed by atoms with Crippen LogP contribution in [0.5, 0.6) is 0 Å². The Bertz CT molecular complexity index is 558. The molecule has 5 nitrogen and oxygen atoms in total. The number of benzene rings is 1. The second-order valence-corrected chi connectivity index (χ2v) is 4.67. The van der Waals surface area contributed by atoms with Gasteiger partial charge in [0, 0.05) is 32.5 Å². The van der Waals surface area contributed by atoms with E-state index in [-0.39, 0.29) is 5.91 Å². The zero-order chi connectivity index (χ0) is 13.8. The normalized spacial score (nSPS) is 10.5. The predicted molar refractivity (Wildman–Crippen MR) is 71.5 cm³/mol. The van der Waals surface area contributed by atoms with E-state index in [4.69, 9.17) is 4.52 Å². The van der Waals surface area contributed by atoms with Crippen molar-refractivity contribution in [1.29, 1.82) is 0 Å². The molecule has 0 spiro atoms. The van der Waals surface area contributed by atoms with Crippen molar-refractivity contribution in [2.75, 3.05) is 14.1 Å². The highest BCUT2D eigenvalue weighted by Gasteiger charge is 2.11. The summed E-state index contributed by atoms with van der Waals surface area (Å²) in [5.41, 5.74) is 2.10. The molecule has 0 aliphatic heterocycles. The standard InChI is InChI=1S/C14H17N3O2/c1-10-4-6-11(7-5-10)14-15-12(19-16-14)8-9-13(18)17(2)3/h4-7H,8-9H2,1-3H3. The lowest BCUT2D eigenvalue weighted by Gasteiger charge is -2.07. The molecule has 1 amide bonds. The van der Waals surface area contributed by atoms with E-state index >= 15 is 0 Å². The molecule has 0 N–H and O–H groups in total. The third-order valence-corrected chi connectivity index (χ3v) is 2.83. The maximum absolute atomic E-state index is 11.5. The van der Waals surface area contributed by atoms with Crippen molar-refractivity contribution in [3.8, 4) is 11.4 Å². The van der Waals surface area contributed by atoms with Gasteiger partial charge in [-0.25, -0.2) is 0 Å². The molecule has 1 aromatic heterocycles. The minimum Gasteiger partial charge on any atom is -0.349 e. The summed E-state index contributed by atoms with van der Waals surface area (Å²) in [7, 11) is 3.46. The van der Waals surface area contributed by atoms with Crippen molar-refractivity contribution >= 4 is 5.91 Å². The number of carbonyl (C=O) groups is 1. The summed E-state index contributed by atoms with van der Waals surface area (Å²) in [5, 5.41) is 3.93. The first kappa shape index (κ1) is 13.3. The summed E-state index contributed by atoms with van der Waals surface area (Å²) in [4.78, 5) is 17.3. The minimum atomic E-state index is 0.0510. The first-order valence-corrected chi connectivity index (χ1v) is 6.16. The molecule has 0 radical (unpaired) electrons. The molecule has 100 valence electrons. The third-order valence-electron chi connectivity index (χ3n) is 2.83. The Morgan fingerprint density at radius 3 is 2.58 bits per heavy atom. The van der Waals surface area contributed by atoms with Gasteiger partial charge >= 0.3 is 0 Å². The summed E-state index contributed by atoms with van der Waals surface area (Å²) < 4.78 is 5.15. The molecule has 0 atom stereocenters. The van der Waals surface area contributed by atoms with Crippen LogP contribution in [0.4, 0.5) is 0 Å². The highest BCUT2D eigenvalue weighted by atomic mass is 16.5. The average molecular weight is 259 g/mol. The molecule has 0 saturated heterocycles. The number of nitrogens with zero attached hydrogens (tertiary/aromatic N) is 3. The number of hydrogen-bond donors (Lipinski definition) is 0. The van der Waals surface area contributed by atoms with E-state index in [1.54, 1.807) is 19.0 Å². The second-order valence-electron chi connectivity index (χ2n) is 4.67. The van der Waals surface area contributed by atoms with E-state index in [1.165, 1.54) is 5.56 Å². The fourth-order valence-electron chi connectivity index (χ4n) is 1.61. The Labute approximate surface area is 112 Å². The second kappa shape index (κ2) is 5.65. The third kappa shape index (κ3) is 3.40. The van der Waals surface area contributed by atoms with E-state index in [2.05, 4.69) is 10.1 Å². The Hall–Kier alpha value is -2.17. The first-order chi connectivity index (χ1) is 9.06. The van der Waals surface area contributed by atoms with Gasteiger partial charge in [0.25, 0.3) is 0 Å². The lowest BCUT2D eigenvalue weighted by molar-refractivity contribution is -0.128. The summed E-state index contributed by atoms with van der Waals surface area (Å²) >= 11 is 0. The molecule has 2 aromatic rings. The number of aromatic nitrogens is 2. The van der Waals surface area contributed by atoms with Crippen LogP contribution in [-0.2, 0) is 11.2 Å². The smallest absolute Gasteiger partial charge is 0.227 e. The maximum atomic E-state index is 11.5. The topological polar surface area (TPSA) is 59.2 Å². The van der Waals surface area contributed by atoms with Crippen LogP contribution >= 0.6 is 0 Å². The maximum Gasteiger partial charge on any atom is 0.227 e. The summed E-state index contributed by atoms with van der Waals surface area (Å²) in [6.07, 6.45) is 0.846. The zero-order valence-corrected chi connectivity index (χ0v) is 11.4. The minimum absolute atomic E-state index is 0.0510. The fourth-order valence-corrected chi connectivity index (χ4v) is 1.61. The molecule has 0 bridgehead atoms. The van der Waals surface area contributed by atoms with Crippen LogP contribution in [0.25, 0.3) is 11.4 Å². The van der Waals surface area contributed by atoms with Crippen LogP contribution in [0, 0.1) is 6.92 Å². The van der Waals surface area contributed by atoms with E-state index in [9.17, 15) is 4.79 Å². The van der Waals surface area contributed by atoms with Crippen LogP contribution in [-0.4, -0.2) is 35.0 Å². The van der Waals surface area contributed by atoms with Crippen LogP contribution in [0.2, 0.25) is 0 Å².